The van der Waals surface area contributed by atoms with Crippen molar-refractivity contribution in [2.75, 3.05) is 10.6 Å². The summed E-state index contributed by atoms with van der Waals surface area (Å²) in [5, 5.41) is 21.4. The maximum Gasteiger partial charge on any atom is 0.329 e. The van der Waals surface area contributed by atoms with E-state index in [0.29, 0.717) is 11.4 Å². The van der Waals surface area contributed by atoms with Gasteiger partial charge in [0.05, 0.1) is 17.7 Å². The van der Waals surface area contributed by atoms with Crippen LogP contribution in [-0.2, 0) is 25.7 Å². The standard InChI is InChI=1S/C23H20N6O7/c1-14-2-4-15(5-3-14)26-21(31)20(30)24-12-18-10-11-19(36-18)13-25-28-23(33)22(32)27-16-6-8-17(9-7-16)29(34)35/h2-11,13H,12H2,1H3,(H,24,30)(H,26,31)(H,27,32)(H,28,33)/b25-13+. The maximum absolute atomic E-state index is 12.0. The Labute approximate surface area is 203 Å². The van der Waals surface area contributed by atoms with Crippen molar-refractivity contribution >= 4 is 46.9 Å². The summed E-state index contributed by atoms with van der Waals surface area (Å²) in [6.45, 7) is 1.83. The Kier molecular flexibility index (Phi) is 8.22. The van der Waals surface area contributed by atoms with Crippen molar-refractivity contribution in [2.24, 2.45) is 5.10 Å². The van der Waals surface area contributed by atoms with E-state index in [-0.39, 0.29) is 23.7 Å². The molecule has 3 rings (SSSR count). The van der Waals surface area contributed by atoms with Gasteiger partial charge in [0, 0.05) is 23.5 Å². The number of nitrogens with one attached hydrogen (secondary N) is 4. The van der Waals surface area contributed by atoms with E-state index in [1.807, 2.05) is 12.3 Å². The van der Waals surface area contributed by atoms with Gasteiger partial charge in [-0.25, -0.2) is 5.43 Å². The van der Waals surface area contributed by atoms with Crippen molar-refractivity contribution in [3.63, 3.8) is 0 Å². The fourth-order valence-corrected chi connectivity index (χ4v) is 2.69. The van der Waals surface area contributed by atoms with Crippen molar-refractivity contribution in [3.8, 4) is 0 Å². The first-order valence-electron chi connectivity index (χ1n) is 10.3. The topological polar surface area (TPSA) is 185 Å². The number of rotatable bonds is 7. The Morgan fingerprint density at radius 1 is 0.861 bits per heavy atom. The van der Waals surface area contributed by atoms with Crippen molar-refractivity contribution in [1.82, 2.24) is 10.7 Å². The first-order valence-corrected chi connectivity index (χ1v) is 10.3. The predicted octanol–water partition coefficient (Wildman–Crippen LogP) is 1.84. The maximum atomic E-state index is 12.0. The fourth-order valence-electron chi connectivity index (χ4n) is 2.69. The molecule has 4 amide bonds. The number of anilines is 2. The molecule has 0 saturated heterocycles. The zero-order valence-electron chi connectivity index (χ0n) is 18.8. The van der Waals surface area contributed by atoms with Crippen LogP contribution in [0.15, 0.2) is 70.2 Å². The molecule has 2 aromatic carbocycles. The molecule has 4 N–H and O–H groups in total. The predicted molar refractivity (Wildman–Crippen MR) is 128 cm³/mol. The van der Waals surface area contributed by atoms with E-state index in [9.17, 15) is 29.3 Å². The van der Waals surface area contributed by atoms with Crippen molar-refractivity contribution < 1.29 is 28.5 Å². The molecule has 0 saturated carbocycles. The monoisotopic (exact) mass is 492 g/mol. The Hall–Kier alpha value is -5.33. The second-order valence-corrected chi connectivity index (χ2v) is 7.26. The van der Waals surface area contributed by atoms with Crippen LogP contribution in [0, 0.1) is 17.0 Å². The minimum Gasteiger partial charge on any atom is -0.458 e. The van der Waals surface area contributed by atoms with Gasteiger partial charge in [0.2, 0.25) is 0 Å². The van der Waals surface area contributed by atoms with Gasteiger partial charge in [-0.1, -0.05) is 17.7 Å². The molecule has 1 aromatic heterocycles. The second kappa shape index (κ2) is 11.7. The van der Waals surface area contributed by atoms with Gasteiger partial charge in [0.25, 0.3) is 5.69 Å². The molecule has 0 aliphatic heterocycles. The minimum atomic E-state index is -1.08. The molecule has 13 heteroatoms. The van der Waals surface area contributed by atoms with E-state index in [2.05, 4.69) is 21.1 Å². The van der Waals surface area contributed by atoms with Crippen LogP contribution in [0.25, 0.3) is 0 Å². The molecule has 0 aliphatic carbocycles. The number of nitro benzene ring substituents is 1. The lowest BCUT2D eigenvalue weighted by Crippen LogP contribution is -2.34. The first kappa shape index (κ1) is 25.3. The Balaban J connectivity index is 1.42. The lowest BCUT2D eigenvalue weighted by molar-refractivity contribution is -0.384. The van der Waals surface area contributed by atoms with Gasteiger partial charge in [-0.05, 0) is 43.3 Å². The smallest absolute Gasteiger partial charge is 0.329 e. The summed E-state index contributed by atoms with van der Waals surface area (Å²) in [5.74, 6) is -3.28. The largest absolute Gasteiger partial charge is 0.458 e. The highest BCUT2D eigenvalue weighted by molar-refractivity contribution is 6.40. The molecule has 0 radical (unpaired) electrons. The lowest BCUT2D eigenvalue weighted by atomic mass is 10.2. The molecule has 3 aromatic rings. The molecular weight excluding hydrogens is 472 g/mol. The van der Waals surface area contributed by atoms with E-state index in [1.165, 1.54) is 36.4 Å². The number of nitrogens with zero attached hydrogens (tertiary/aromatic N) is 2. The number of carbonyl (C=O) groups is 4. The highest BCUT2D eigenvalue weighted by Gasteiger charge is 2.15. The number of hydrazone groups is 1. The van der Waals surface area contributed by atoms with Gasteiger partial charge in [0.1, 0.15) is 11.5 Å². The van der Waals surface area contributed by atoms with Gasteiger partial charge in [-0.2, -0.15) is 5.10 Å². The van der Waals surface area contributed by atoms with Crippen LogP contribution in [-0.4, -0.2) is 34.8 Å². The number of hydrogen-bond donors (Lipinski definition) is 4. The number of non-ortho nitro benzene ring substituents is 1. The molecular formula is C23H20N6O7. The molecule has 1 heterocycles. The number of furan rings is 1. The van der Waals surface area contributed by atoms with E-state index in [0.717, 1.165) is 11.8 Å². The van der Waals surface area contributed by atoms with Crippen LogP contribution >= 0.6 is 0 Å². The number of amides is 4. The fraction of sp³-hybridized carbons (Fsp3) is 0.0870. The van der Waals surface area contributed by atoms with E-state index >= 15 is 0 Å². The van der Waals surface area contributed by atoms with E-state index < -0.39 is 28.6 Å². The van der Waals surface area contributed by atoms with Crippen LogP contribution in [0.5, 0.6) is 0 Å². The lowest BCUT2D eigenvalue weighted by Gasteiger charge is -2.05. The Morgan fingerprint density at radius 2 is 1.44 bits per heavy atom. The highest BCUT2D eigenvalue weighted by atomic mass is 16.6. The highest BCUT2D eigenvalue weighted by Crippen LogP contribution is 2.15. The molecule has 0 bridgehead atoms. The number of carbonyl (C=O) groups excluding carboxylic acids is 4. The normalized spacial score (nSPS) is 10.5. The zero-order chi connectivity index (χ0) is 26.1. The summed E-state index contributed by atoms with van der Waals surface area (Å²) in [7, 11) is 0. The van der Waals surface area contributed by atoms with Gasteiger partial charge in [-0.15, -0.1) is 0 Å². The van der Waals surface area contributed by atoms with Crippen LogP contribution in [0.4, 0.5) is 17.1 Å². The second-order valence-electron chi connectivity index (χ2n) is 7.26. The quantitative estimate of drug-likeness (QED) is 0.168. The average Bonchev–Trinajstić information content (AvgIpc) is 3.31. The van der Waals surface area contributed by atoms with Crippen molar-refractivity contribution in [2.45, 2.75) is 13.5 Å². The van der Waals surface area contributed by atoms with Crippen LogP contribution in [0.1, 0.15) is 17.1 Å². The van der Waals surface area contributed by atoms with E-state index in [4.69, 9.17) is 4.42 Å². The van der Waals surface area contributed by atoms with Gasteiger partial charge >= 0.3 is 23.6 Å². The summed E-state index contributed by atoms with van der Waals surface area (Å²) >= 11 is 0. The number of benzene rings is 2. The summed E-state index contributed by atoms with van der Waals surface area (Å²) < 4.78 is 5.41. The molecule has 0 spiro atoms. The third-order valence-corrected chi connectivity index (χ3v) is 4.52. The van der Waals surface area contributed by atoms with Gasteiger partial charge in [0.15, 0.2) is 0 Å². The van der Waals surface area contributed by atoms with Crippen LogP contribution in [0.2, 0.25) is 0 Å². The Morgan fingerprint density at radius 3 is 2.06 bits per heavy atom. The molecule has 0 atom stereocenters. The van der Waals surface area contributed by atoms with Gasteiger partial charge < -0.3 is 20.4 Å². The number of aryl methyl sites for hydroxylation is 1. The molecule has 13 nitrogen and oxygen atoms in total. The summed E-state index contributed by atoms with van der Waals surface area (Å²) in [6, 6.07) is 14.9. The molecule has 0 unspecified atom stereocenters. The van der Waals surface area contributed by atoms with Crippen LogP contribution in [0.3, 0.4) is 0 Å². The van der Waals surface area contributed by atoms with Gasteiger partial charge in [-0.3, -0.25) is 29.3 Å². The average molecular weight is 492 g/mol. The zero-order valence-corrected chi connectivity index (χ0v) is 18.8. The number of hydrogen-bond acceptors (Lipinski definition) is 8. The minimum absolute atomic E-state index is 0.0714. The molecule has 184 valence electrons. The third kappa shape index (κ3) is 7.34. The molecule has 36 heavy (non-hydrogen) atoms. The SMILES string of the molecule is Cc1ccc(NC(=O)C(=O)NCc2ccc(/C=N/NC(=O)C(=O)Nc3ccc([N+](=O)[O-])cc3)o2)cc1. The molecule has 0 aliphatic rings. The molecule has 0 fully saturated rings. The van der Waals surface area contributed by atoms with Crippen molar-refractivity contribution in [1.29, 1.82) is 0 Å². The third-order valence-electron chi connectivity index (χ3n) is 4.52. The van der Waals surface area contributed by atoms with E-state index in [1.54, 1.807) is 24.3 Å². The number of nitro groups is 1. The van der Waals surface area contributed by atoms with Crippen LogP contribution < -0.4 is 21.4 Å². The summed E-state index contributed by atoms with van der Waals surface area (Å²) in [4.78, 5) is 57.7. The summed E-state index contributed by atoms with van der Waals surface area (Å²) in [5.41, 5.74) is 3.54. The first-order chi connectivity index (χ1) is 17.2. The Bertz CT molecular complexity index is 1310. The summed E-state index contributed by atoms with van der Waals surface area (Å²) in [6.07, 6.45) is 1.13. The van der Waals surface area contributed by atoms with Crippen molar-refractivity contribution in [3.05, 3.63) is 87.9 Å².